The van der Waals surface area contributed by atoms with E-state index in [9.17, 15) is 9.59 Å². The van der Waals surface area contributed by atoms with Crippen molar-refractivity contribution >= 4 is 12.0 Å². The van der Waals surface area contributed by atoms with Crippen molar-refractivity contribution in [3.8, 4) is 0 Å². The van der Waals surface area contributed by atoms with Crippen LogP contribution in [-0.4, -0.2) is 29.7 Å². The Kier molecular flexibility index (Phi) is 7.03. The van der Waals surface area contributed by atoms with Gasteiger partial charge in [-0.3, -0.25) is 4.79 Å². The molecule has 0 aromatic heterocycles. The number of carbonyl (C=O) groups excluding carboxylic acids is 1. The Balaban J connectivity index is 4.42. The van der Waals surface area contributed by atoms with Crippen LogP contribution in [0.15, 0.2) is 0 Å². The van der Waals surface area contributed by atoms with E-state index in [1.54, 1.807) is 0 Å². The number of carbonyl (C=O) groups is 2. The fourth-order valence-corrected chi connectivity index (χ4v) is 1.81. The Labute approximate surface area is 122 Å². The van der Waals surface area contributed by atoms with Crippen molar-refractivity contribution in [2.45, 2.75) is 66.8 Å². The molecule has 20 heavy (non-hydrogen) atoms. The van der Waals surface area contributed by atoms with Gasteiger partial charge in [-0.15, -0.1) is 0 Å². The van der Waals surface area contributed by atoms with Crippen molar-refractivity contribution in [1.82, 2.24) is 10.6 Å². The summed E-state index contributed by atoms with van der Waals surface area (Å²) < 4.78 is 0. The standard InChI is InChI=1S/C15H30N2O3/c1-7-15(5,6)10-16-13(20)17-11(8-12(18)19)9-14(2,3)4/h11H,7-10H2,1-6H3,(H,18,19)(H2,16,17,20). The zero-order valence-electron chi connectivity index (χ0n) is 13.7. The molecule has 0 rings (SSSR count). The van der Waals surface area contributed by atoms with E-state index in [1.165, 1.54) is 0 Å². The lowest BCUT2D eigenvalue weighted by molar-refractivity contribution is -0.137. The van der Waals surface area contributed by atoms with Crippen molar-refractivity contribution in [3.63, 3.8) is 0 Å². The molecule has 0 saturated heterocycles. The number of carboxylic acid groups (broad SMARTS) is 1. The monoisotopic (exact) mass is 286 g/mol. The number of amides is 2. The van der Waals surface area contributed by atoms with E-state index in [-0.39, 0.29) is 29.3 Å². The molecule has 5 heteroatoms. The number of hydrogen-bond acceptors (Lipinski definition) is 2. The summed E-state index contributed by atoms with van der Waals surface area (Å²) in [4.78, 5) is 22.7. The second kappa shape index (κ2) is 7.50. The Bertz CT molecular complexity index is 333. The minimum atomic E-state index is -0.895. The largest absolute Gasteiger partial charge is 0.481 e. The van der Waals surface area contributed by atoms with E-state index in [2.05, 4.69) is 31.4 Å². The second-order valence-electron chi connectivity index (χ2n) is 7.40. The minimum absolute atomic E-state index is 0.0317. The third kappa shape index (κ3) is 9.64. The zero-order valence-corrected chi connectivity index (χ0v) is 13.7. The maximum absolute atomic E-state index is 11.9. The molecule has 0 fully saturated rings. The van der Waals surface area contributed by atoms with Crippen LogP contribution >= 0.6 is 0 Å². The molecule has 118 valence electrons. The molecule has 0 radical (unpaired) electrons. The van der Waals surface area contributed by atoms with E-state index in [4.69, 9.17) is 5.11 Å². The first-order chi connectivity index (χ1) is 8.95. The first kappa shape index (κ1) is 18.7. The van der Waals surface area contributed by atoms with Crippen LogP contribution in [-0.2, 0) is 4.79 Å². The Morgan fingerprint density at radius 2 is 1.70 bits per heavy atom. The third-order valence-corrected chi connectivity index (χ3v) is 3.30. The predicted molar refractivity (Wildman–Crippen MR) is 80.7 cm³/mol. The van der Waals surface area contributed by atoms with Crippen LogP contribution in [0.4, 0.5) is 4.79 Å². The number of carboxylic acids is 1. The van der Waals surface area contributed by atoms with Crippen LogP contribution in [0.2, 0.25) is 0 Å². The smallest absolute Gasteiger partial charge is 0.315 e. The molecule has 0 spiro atoms. The zero-order chi connectivity index (χ0) is 16.0. The van der Waals surface area contributed by atoms with Crippen LogP contribution in [0.5, 0.6) is 0 Å². The topological polar surface area (TPSA) is 78.4 Å². The molecule has 0 aliphatic rings. The molecule has 1 atom stereocenters. The van der Waals surface area contributed by atoms with Crippen LogP contribution in [0.25, 0.3) is 0 Å². The van der Waals surface area contributed by atoms with Gasteiger partial charge in [-0.1, -0.05) is 41.5 Å². The lowest BCUT2D eigenvalue weighted by Gasteiger charge is -2.27. The summed E-state index contributed by atoms with van der Waals surface area (Å²) in [7, 11) is 0. The van der Waals surface area contributed by atoms with Gasteiger partial charge < -0.3 is 15.7 Å². The highest BCUT2D eigenvalue weighted by atomic mass is 16.4. The van der Waals surface area contributed by atoms with E-state index in [0.29, 0.717) is 13.0 Å². The van der Waals surface area contributed by atoms with Gasteiger partial charge in [0.2, 0.25) is 0 Å². The molecule has 1 unspecified atom stereocenters. The van der Waals surface area contributed by atoms with Gasteiger partial charge >= 0.3 is 12.0 Å². The maximum Gasteiger partial charge on any atom is 0.315 e. The van der Waals surface area contributed by atoms with Gasteiger partial charge in [-0.25, -0.2) is 4.79 Å². The van der Waals surface area contributed by atoms with Gasteiger partial charge in [-0.05, 0) is 23.7 Å². The molecule has 0 aliphatic carbocycles. The normalized spacial score (nSPS) is 13.7. The van der Waals surface area contributed by atoms with E-state index < -0.39 is 5.97 Å². The number of aliphatic carboxylic acids is 1. The second-order valence-corrected chi connectivity index (χ2v) is 7.40. The van der Waals surface area contributed by atoms with Gasteiger partial charge in [0.1, 0.15) is 0 Å². The average molecular weight is 286 g/mol. The molecule has 5 nitrogen and oxygen atoms in total. The molecule has 0 aromatic rings. The Morgan fingerprint density at radius 1 is 1.15 bits per heavy atom. The maximum atomic E-state index is 11.9. The van der Waals surface area contributed by atoms with Crippen LogP contribution < -0.4 is 10.6 Å². The molecule has 0 saturated carbocycles. The van der Waals surface area contributed by atoms with Gasteiger partial charge in [0.05, 0.1) is 6.42 Å². The highest BCUT2D eigenvalue weighted by Crippen LogP contribution is 2.22. The summed E-state index contributed by atoms with van der Waals surface area (Å²) in [6.45, 7) is 12.9. The van der Waals surface area contributed by atoms with Crippen molar-refractivity contribution < 1.29 is 14.7 Å². The average Bonchev–Trinajstić information content (AvgIpc) is 2.23. The summed E-state index contributed by atoms with van der Waals surface area (Å²) in [5, 5.41) is 14.5. The van der Waals surface area contributed by atoms with E-state index >= 15 is 0 Å². The van der Waals surface area contributed by atoms with E-state index in [0.717, 1.165) is 6.42 Å². The summed E-state index contributed by atoms with van der Waals surface area (Å²) in [6.07, 6.45) is 1.54. The molecule has 2 amide bonds. The van der Waals surface area contributed by atoms with Gasteiger partial charge in [0.25, 0.3) is 0 Å². The number of nitrogens with one attached hydrogen (secondary N) is 2. The predicted octanol–water partition coefficient (Wildman–Crippen LogP) is 3.00. The summed E-state index contributed by atoms with van der Waals surface area (Å²) >= 11 is 0. The lowest BCUT2D eigenvalue weighted by Crippen LogP contribution is -2.46. The summed E-state index contributed by atoms with van der Waals surface area (Å²) in [5.41, 5.74) is 0.0136. The molecule has 0 aliphatic heterocycles. The summed E-state index contributed by atoms with van der Waals surface area (Å²) in [6, 6.07) is -0.640. The Hall–Kier alpha value is -1.26. The SMILES string of the molecule is CCC(C)(C)CNC(=O)NC(CC(=O)O)CC(C)(C)C. The van der Waals surface area contributed by atoms with Crippen molar-refractivity contribution in [2.24, 2.45) is 10.8 Å². The third-order valence-electron chi connectivity index (χ3n) is 3.30. The molecule has 0 bridgehead atoms. The molecule has 0 heterocycles. The molecular weight excluding hydrogens is 256 g/mol. The number of rotatable bonds is 7. The van der Waals surface area contributed by atoms with Crippen molar-refractivity contribution in [1.29, 1.82) is 0 Å². The first-order valence-corrected chi connectivity index (χ1v) is 7.21. The van der Waals surface area contributed by atoms with Crippen LogP contribution in [0.1, 0.15) is 60.8 Å². The fraction of sp³-hybridized carbons (Fsp3) is 0.867. The summed E-state index contributed by atoms with van der Waals surface area (Å²) in [5.74, 6) is -0.895. The van der Waals surface area contributed by atoms with Crippen LogP contribution in [0.3, 0.4) is 0 Å². The Morgan fingerprint density at radius 3 is 2.10 bits per heavy atom. The van der Waals surface area contributed by atoms with Crippen LogP contribution in [0, 0.1) is 10.8 Å². The lowest BCUT2D eigenvalue weighted by atomic mass is 9.87. The van der Waals surface area contributed by atoms with Crippen molar-refractivity contribution in [3.05, 3.63) is 0 Å². The molecule has 0 aromatic carbocycles. The minimum Gasteiger partial charge on any atom is -0.481 e. The van der Waals surface area contributed by atoms with E-state index in [1.807, 2.05) is 20.8 Å². The van der Waals surface area contributed by atoms with Gasteiger partial charge in [0, 0.05) is 12.6 Å². The highest BCUT2D eigenvalue weighted by molar-refractivity contribution is 5.75. The quantitative estimate of drug-likeness (QED) is 0.673. The van der Waals surface area contributed by atoms with Gasteiger partial charge in [-0.2, -0.15) is 0 Å². The fourth-order valence-electron chi connectivity index (χ4n) is 1.81. The highest BCUT2D eigenvalue weighted by Gasteiger charge is 2.23. The number of urea groups is 1. The molecular formula is C15H30N2O3. The van der Waals surface area contributed by atoms with Gasteiger partial charge in [0.15, 0.2) is 0 Å². The molecule has 3 N–H and O–H groups in total. The first-order valence-electron chi connectivity index (χ1n) is 7.21. The number of hydrogen-bond donors (Lipinski definition) is 3. The van der Waals surface area contributed by atoms with Crippen molar-refractivity contribution in [2.75, 3.05) is 6.54 Å².